The zero-order chi connectivity index (χ0) is 8.32. The van der Waals surface area contributed by atoms with Crippen molar-refractivity contribution < 1.29 is 14.6 Å². The topological polar surface area (TPSA) is 46.5 Å². The van der Waals surface area contributed by atoms with Gasteiger partial charge in [0.1, 0.15) is 0 Å². The molecular weight excluding hydrogens is 144 g/mol. The van der Waals surface area contributed by atoms with Crippen molar-refractivity contribution in [2.75, 3.05) is 13.2 Å². The van der Waals surface area contributed by atoms with Crippen molar-refractivity contribution in [3.05, 3.63) is 12.2 Å². The number of carboxylic acid groups (broad SMARTS) is 1. The highest BCUT2D eigenvalue weighted by atomic mass is 16.5. The van der Waals surface area contributed by atoms with Crippen molar-refractivity contribution in [3.63, 3.8) is 0 Å². The molecule has 11 heavy (non-hydrogen) atoms. The maximum atomic E-state index is 10.1. The molecule has 1 N–H and O–H groups in total. The molecule has 1 aliphatic rings. The van der Waals surface area contributed by atoms with E-state index in [1.54, 1.807) is 6.08 Å². The van der Waals surface area contributed by atoms with Crippen LogP contribution in [0.25, 0.3) is 0 Å². The average Bonchev–Trinajstić information content (AvgIpc) is 1.83. The number of hydrogen-bond acceptors (Lipinski definition) is 2. The summed E-state index contributed by atoms with van der Waals surface area (Å²) in [6, 6.07) is 0. The van der Waals surface area contributed by atoms with Crippen LogP contribution >= 0.6 is 0 Å². The molecule has 1 aliphatic heterocycles. The van der Waals surface area contributed by atoms with Gasteiger partial charge in [-0.2, -0.15) is 0 Å². The second-order valence-electron chi connectivity index (χ2n) is 3.25. The highest BCUT2D eigenvalue weighted by Gasteiger charge is 2.31. The van der Waals surface area contributed by atoms with Gasteiger partial charge in [0.05, 0.1) is 13.2 Å². The van der Waals surface area contributed by atoms with Crippen LogP contribution in [-0.2, 0) is 9.53 Å². The molecule has 62 valence electrons. The average molecular weight is 156 g/mol. The standard InChI is InChI=1S/C8H12O3/c1-8(5-11-6-8)4-2-3-7(9)10/h2-3H,4-6H2,1H3,(H,9,10). The quantitative estimate of drug-likeness (QED) is 0.621. The maximum absolute atomic E-state index is 10.1. The second-order valence-corrected chi connectivity index (χ2v) is 3.25. The van der Waals surface area contributed by atoms with Crippen LogP contribution in [0, 0.1) is 5.41 Å². The molecule has 1 saturated heterocycles. The zero-order valence-corrected chi connectivity index (χ0v) is 6.54. The summed E-state index contributed by atoms with van der Waals surface area (Å²) in [4.78, 5) is 10.1. The van der Waals surface area contributed by atoms with Crippen molar-refractivity contribution in [1.82, 2.24) is 0 Å². The molecule has 0 saturated carbocycles. The molecule has 0 bridgehead atoms. The van der Waals surface area contributed by atoms with Crippen LogP contribution in [0.5, 0.6) is 0 Å². The van der Waals surface area contributed by atoms with Crippen LogP contribution in [0.2, 0.25) is 0 Å². The summed E-state index contributed by atoms with van der Waals surface area (Å²) >= 11 is 0. The lowest BCUT2D eigenvalue weighted by Crippen LogP contribution is -2.39. The van der Waals surface area contributed by atoms with Crippen molar-refractivity contribution in [2.45, 2.75) is 13.3 Å². The van der Waals surface area contributed by atoms with Crippen molar-refractivity contribution >= 4 is 5.97 Å². The summed E-state index contributed by atoms with van der Waals surface area (Å²) in [5.41, 5.74) is 0.186. The van der Waals surface area contributed by atoms with Crippen molar-refractivity contribution in [1.29, 1.82) is 0 Å². The first-order valence-corrected chi connectivity index (χ1v) is 3.60. The highest BCUT2D eigenvalue weighted by Crippen LogP contribution is 2.30. The smallest absolute Gasteiger partial charge is 0.327 e. The predicted octanol–water partition coefficient (Wildman–Crippen LogP) is 1.05. The van der Waals surface area contributed by atoms with E-state index in [0.29, 0.717) is 0 Å². The van der Waals surface area contributed by atoms with Crippen molar-refractivity contribution in [2.24, 2.45) is 5.41 Å². The van der Waals surface area contributed by atoms with E-state index in [4.69, 9.17) is 9.84 Å². The van der Waals surface area contributed by atoms with Gasteiger partial charge in [0.15, 0.2) is 0 Å². The fourth-order valence-electron chi connectivity index (χ4n) is 1.01. The summed E-state index contributed by atoms with van der Waals surface area (Å²) < 4.78 is 5.01. The summed E-state index contributed by atoms with van der Waals surface area (Å²) in [6.07, 6.45) is 3.66. The number of carbonyl (C=O) groups is 1. The normalized spacial score (nSPS) is 21.5. The van der Waals surface area contributed by atoms with Crippen LogP contribution in [0.4, 0.5) is 0 Å². The maximum Gasteiger partial charge on any atom is 0.327 e. The van der Waals surface area contributed by atoms with Gasteiger partial charge in [-0.3, -0.25) is 0 Å². The molecule has 1 fully saturated rings. The Kier molecular flexibility index (Phi) is 2.29. The fraction of sp³-hybridized carbons (Fsp3) is 0.625. The Morgan fingerprint density at radius 2 is 2.36 bits per heavy atom. The summed E-state index contributed by atoms with van der Waals surface area (Å²) in [7, 11) is 0. The fourth-order valence-corrected chi connectivity index (χ4v) is 1.01. The number of carboxylic acids is 1. The molecule has 0 aromatic carbocycles. The number of ether oxygens (including phenoxy) is 1. The Hall–Kier alpha value is -0.830. The SMILES string of the molecule is CC1(CC=CC(=O)O)COC1. The molecule has 0 atom stereocenters. The van der Waals surface area contributed by atoms with Gasteiger partial charge in [-0.15, -0.1) is 0 Å². The Morgan fingerprint density at radius 1 is 1.73 bits per heavy atom. The number of aliphatic carboxylic acids is 1. The van der Waals surface area contributed by atoms with E-state index in [9.17, 15) is 4.79 Å². The van der Waals surface area contributed by atoms with Gasteiger partial charge in [0, 0.05) is 11.5 Å². The number of hydrogen-bond donors (Lipinski definition) is 1. The van der Waals surface area contributed by atoms with Gasteiger partial charge in [-0.05, 0) is 6.42 Å². The van der Waals surface area contributed by atoms with Crippen LogP contribution in [0.1, 0.15) is 13.3 Å². The third kappa shape index (κ3) is 2.35. The van der Waals surface area contributed by atoms with Crippen LogP contribution in [-0.4, -0.2) is 24.3 Å². The molecule has 0 spiro atoms. The van der Waals surface area contributed by atoms with Gasteiger partial charge >= 0.3 is 5.97 Å². The minimum Gasteiger partial charge on any atom is -0.478 e. The molecule has 0 aromatic heterocycles. The predicted molar refractivity (Wildman–Crippen MR) is 40.3 cm³/mol. The van der Waals surface area contributed by atoms with E-state index in [1.807, 2.05) is 0 Å². The minimum absolute atomic E-state index is 0.186. The summed E-state index contributed by atoms with van der Waals surface area (Å²) in [5.74, 6) is -0.881. The molecule has 1 rings (SSSR count). The van der Waals surface area contributed by atoms with Crippen LogP contribution in [0.3, 0.4) is 0 Å². The van der Waals surface area contributed by atoms with Crippen molar-refractivity contribution in [3.8, 4) is 0 Å². The van der Waals surface area contributed by atoms with Crippen LogP contribution < -0.4 is 0 Å². The highest BCUT2D eigenvalue weighted by molar-refractivity contribution is 5.79. The Balaban J connectivity index is 2.26. The lowest BCUT2D eigenvalue weighted by atomic mass is 9.85. The Bertz CT molecular complexity index is 180. The first kappa shape index (κ1) is 8.27. The molecule has 0 aliphatic carbocycles. The molecule has 0 radical (unpaired) electrons. The van der Waals surface area contributed by atoms with Gasteiger partial charge in [-0.1, -0.05) is 13.0 Å². The molecule has 0 amide bonds. The van der Waals surface area contributed by atoms with E-state index in [-0.39, 0.29) is 5.41 Å². The zero-order valence-electron chi connectivity index (χ0n) is 6.54. The third-order valence-corrected chi connectivity index (χ3v) is 1.77. The lowest BCUT2D eigenvalue weighted by molar-refractivity contribution is -0.131. The molecular formula is C8H12O3. The minimum atomic E-state index is -0.881. The molecule has 3 heteroatoms. The van der Waals surface area contributed by atoms with Crippen LogP contribution in [0.15, 0.2) is 12.2 Å². The van der Waals surface area contributed by atoms with E-state index >= 15 is 0 Å². The Morgan fingerprint density at radius 3 is 2.73 bits per heavy atom. The lowest BCUT2D eigenvalue weighted by Gasteiger charge is -2.37. The molecule has 0 aromatic rings. The van der Waals surface area contributed by atoms with E-state index in [1.165, 1.54) is 6.08 Å². The molecule has 0 unspecified atom stereocenters. The summed E-state index contributed by atoms with van der Waals surface area (Å²) in [6.45, 7) is 3.58. The van der Waals surface area contributed by atoms with E-state index in [2.05, 4.69) is 6.92 Å². The van der Waals surface area contributed by atoms with E-state index < -0.39 is 5.97 Å². The molecule has 3 nitrogen and oxygen atoms in total. The molecule has 1 heterocycles. The largest absolute Gasteiger partial charge is 0.478 e. The third-order valence-electron chi connectivity index (χ3n) is 1.77. The first-order valence-electron chi connectivity index (χ1n) is 3.60. The number of rotatable bonds is 3. The summed E-state index contributed by atoms with van der Waals surface area (Å²) in [5, 5.41) is 8.28. The van der Waals surface area contributed by atoms with Gasteiger partial charge in [0.25, 0.3) is 0 Å². The van der Waals surface area contributed by atoms with E-state index in [0.717, 1.165) is 19.6 Å². The number of allylic oxidation sites excluding steroid dienone is 1. The second kappa shape index (κ2) is 3.05. The Labute approximate surface area is 65.7 Å². The monoisotopic (exact) mass is 156 g/mol. The van der Waals surface area contributed by atoms with Gasteiger partial charge in [-0.25, -0.2) is 4.79 Å². The van der Waals surface area contributed by atoms with Gasteiger partial charge < -0.3 is 9.84 Å². The van der Waals surface area contributed by atoms with Gasteiger partial charge in [0.2, 0.25) is 0 Å². The first-order chi connectivity index (χ1) is 5.12.